The zero-order chi connectivity index (χ0) is 15.8. The van der Waals surface area contributed by atoms with Crippen molar-refractivity contribution in [3.05, 3.63) is 35.4 Å². The summed E-state index contributed by atoms with van der Waals surface area (Å²) in [5, 5.41) is 6.36. The molecule has 0 aliphatic carbocycles. The van der Waals surface area contributed by atoms with Gasteiger partial charge in [0, 0.05) is 25.0 Å². The van der Waals surface area contributed by atoms with Gasteiger partial charge in [-0.05, 0) is 30.4 Å². The summed E-state index contributed by atoms with van der Waals surface area (Å²) in [5.41, 5.74) is 2.68. The number of carbonyl (C=O) groups excluding carboxylic acids is 1. The first-order chi connectivity index (χ1) is 9.90. The Morgan fingerprint density at radius 3 is 2.14 bits per heavy atom. The van der Waals surface area contributed by atoms with Gasteiger partial charge < -0.3 is 10.6 Å². The highest BCUT2D eigenvalue weighted by atomic mass is 16.1. The van der Waals surface area contributed by atoms with Crippen molar-refractivity contribution >= 4 is 5.91 Å². The van der Waals surface area contributed by atoms with E-state index in [0.29, 0.717) is 18.5 Å². The zero-order valence-corrected chi connectivity index (χ0v) is 14.1. The standard InChI is InChI=1S/C18H30N2O/c1-13(2)12-16-6-8-17(9-7-16)15(5)19-10-11-20-18(21)14(3)4/h6-9,13-15,19H,10-12H2,1-5H3,(H,20,21). The lowest BCUT2D eigenvalue weighted by atomic mass is 10.00. The van der Waals surface area contributed by atoms with E-state index in [9.17, 15) is 4.79 Å². The summed E-state index contributed by atoms with van der Waals surface area (Å²) >= 11 is 0. The molecule has 21 heavy (non-hydrogen) atoms. The quantitative estimate of drug-likeness (QED) is 0.721. The van der Waals surface area contributed by atoms with Gasteiger partial charge in [-0.25, -0.2) is 0 Å². The summed E-state index contributed by atoms with van der Waals surface area (Å²) in [4.78, 5) is 11.4. The minimum Gasteiger partial charge on any atom is -0.355 e. The van der Waals surface area contributed by atoms with Crippen LogP contribution in [-0.2, 0) is 11.2 Å². The van der Waals surface area contributed by atoms with E-state index in [1.54, 1.807) is 0 Å². The molecule has 0 fully saturated rings. The molecule has 1 aromatic carbocycles. The molecular weight excluding hydrogens is 260 g/mol. The van der Waals surface area contributed by atoms with Gasteiger partial charge in [0.15, 0.2) is 0 Å². The average molecular weight is 290 g/mol. The van der Waals surface area contributed by atoms with Gasteiger partial charge >= 0.3 is 0 Å². The third-order valence-corrected chi connectivity index (χ3v) is 3.52. The molecule has 2 N–H and O–H groups in total. The second kappa shape index (κ2) is 8.83. The van der Waals surface area contributed by atoms with E-state index in [1.165, 1.54) is 11.1 Å². The van der Waals surface area contributed by atoms with Crippen molar-refractivity contribution in [2.45, 2.75) is 47.1 Å². The molecule has 0 saturated heterocycles. The second-order valence-electron chi connectivity index (χ2n) is 6.46. The minimum absolute atomic E-state index is 0.0518. The third kappa shape index (κ3) is 6.76. The largest absolute Gasteiger partial charge is 0.355 e. The second-order valence-corrected chi connectivity index (χ2v) is 6.46. The van der Waals surface area contributed by atoms with Gasteiger partial charge in [0.2, 0.25) is 5.91 Å². The highest BCUT2D eigenvalue weighted by molar-refractivity contribution is 5.77. The Kier molecular flexibility index (Phi) is 7.44. The van der Waals surface area contributed by atoms with Crippen molar-refractivity contribution in [3.8, 4) is 0 Å². The number of hydrogen-bond donors (Lipinski definition) is 2. The summed E-state index contributed by atoms with van der Waals surface area (Å²) in [6.07, 6.45) is 1.13. The maximum Gasteiger partial charge on any atom is 0.222 e. The van der Waals surface area contributed by atoms with Gasteiger partial charge in [0.05, 0.1) is 0 Å². The Morgan fingerprint density at radius 1 is 1.00 bits per heavy atom. The molecule has 0 aliphatic heterocycles. The summed E-state index contributed by atoms with van der Waals surface area (Å²) in [7, 11) is 0. The molecule has 0 heterocycles. The summed E-state index contributed by atoms with van der Waals surface area (Å²) < 4.78 is 0. The van der Waals surface area contributed by atoms with Crippen LogP contribution in [0.4, 0.5) is 0 Å². The topological polar surface area (TPSA) is 41.1 Å². The van der Waals surface area contributed by atoms with E-state index in [-0.39, 0.29) is 11.8 Å². The molecule has 3 heteroatoms. The summed E-state index contributed by atoms with van der Waals surface area (Å²) in [5.74, 6) is 0.856. The van der Waals surface area contributed by atoms with Crippen LogP contribution in [-0.4, -0.2) is 19.0 Å². The van der Waals surface area contributed by atoms with Crippen LogP contribution >= 0.6 is 0 Å². The van der Waals surface area contributed by atoms with Gasteiger partial charge in [-0.15, -0.1) is 0 Å². The van der Waals surface area contributed by atoms with E-state index >= 15 is 0 Å². The fourth-order valence-electron chi connectivity index (χ4n) is 2.21. The molecule has 0 aromatic heterocycles. The van der Waals surface area contributed by atoms with Gasteiger partial charge in [0.25, 0.3) is 0 Å². The molecule has 0 saturated carbocycles. The Hall–Kier alpha value is -1.35. The van der Waals surface area contributed by atoms with Crippen LogP contribution < -0.4 is 10.6 Å². The average Bonchev–Trinajstić information content (AvgIpc) is 2.43. The Morgan fingerprint density at radius 2 is 1.62 bits per heavy atom. The lowest BCUT2D eigenvalue weighted by Gasteiger charge is -2.16. The molecular formula is C18H30N2O. The van der Waals surface area contributed by atoms with E-state index in [4.69, 9.17) is 0 Å². The fraction of sp³-hybridized carbons (Fsp3) is 0.611. The molecule has 3 nitrogen and oxygen atoms in total. The molecule has 118 valence electrons. The predicted octanol–water partition coefficient (Wildman–Crippen LogP) is 3.31. The van der Waals surface area contributed by atoms with Crippen molar-refractivity contribution in [3.63, 3.8) is 0 Å². The molecule has 1 aromatic rings. The number of rotatable bonds is 8. The van der Waals surface area contributed by atoms with Crippen molar-refractivity contribution in [1.82, 2.24) is 10.6 Å². The molecule has 1 unspecified atom stereocenters. The molecule has 0 radical (unpaired) electrons. The Balaban J connectivity index is 2.35. The minimum atomic E-state index is 0.0518. The fourth-order valence-corrected chi connectivity index (χ4v) is 2.21. The highest BCUT2D eigenvalue weighted by Crippen LogP contribution is 2.15. The highest BCUT2D eigenvalue weighted by Gasteiger charge is 2.07. The van der Waals surface area contributed by atoms with Crippen LogP contribution in [0.15, 0.2) is 24.3 Å². The SMILES string of the molecule is CC(C)Cc1ccc(C(C)NCCNC(=O)C(C)C)cc1. The normalized spacial score (nSPS) is 12.7. The summed E-state index contributed by atoms with van der Waals surface area (Å²) in [6, 6.07) is 9.13. The number of hydrogen-bond acceptors (Lipinski definition) is 2. The smallest absolute Gasteiger partial charge is 0.222 e. The number of amides is 1. The number of benzene rings is 1. The first kappa shape index (κ1) is 17.7. The summed E-state index contributed by atoms with van der Waals surface area (Å²) in [6.45, 7) is 11.9. The molecule has 0 spiro atoms. The monoisotopic (exact) mass is 290 g/mol. The Bertz CT molecular complexity index is 423. The van der Waals surface area contributed by atoms with E-state index < -0.39 is 0 Å². The zero-order valence-electron chi connectivity index (χ0n) is 14.1. The van der Waals surface area contributed by atoms with Gasteiger partial charge in [-0.2, -0.15) is 0 Å². The van der Waals surface area contributed by atoms with Crippen molar-refractivity contribution in [1.29, 1.82) is 0 Å². The Labute approximate surface area is 129 Å². The van der Waals surface area contributed by atoms with Crippen LogP contribution in [0.1, 0.15) is 51.8 Å². The maximum atomic E-state index is 11.4. The maximum absolute atomic E-state index is 11.4. The van der Waals surface area contributed by atoms with Crippen molar-refractivity contribution < 1.29 is 4.79 Å². The number of nitrogens with one attached hydrogen (secondary N) is 2. The van der Waals surface area contributed by atoms with E-state index in [2.05, 4.69) is 55.7 Å². The molecule has 1 rings (SSSR count). The lowest BCUT2D eigenvalue weighted by molar-refractivity contribution is -0.123. The molecule has 0 aliphatic rings. The first-order valence-corrected chi connectivity index (χ1v) is 8.00. The van der Waals surface area contributed by atoms with Gasteiger partial charge in [-0.3, -0.25) is 4.79 Å². The van der Waals surface area contributed by atoms with E-state index in [1.807, 2.05) is 13.8 Å². The van der Waals surface area contributed by atoms with Gasteiger partial charge in [0.1, 0.15) is 0 Å². The van der Waals surface area contributed by atoms with Crippen LogP contribution in [0.3, 0.4) is 0 Å². The van der Waals surface area contributed by atoms with E-state index in [0.717, 1.165) is 13.0 Å². The predicted molar refractivity (Wildman–Crippen MR) is 89.2 cm³/mol. The van der Waals surface area contributed by atoms with Crippen LogP contribution in [0.2, 0.25) is 0 Å². The van der Waals surface area contributed by atoms with Crippen molar-refractivity contribution in [2.24, 2.45) is 11.8 Å². The molecule has 1 amide bonds. The third-order valence-electron chi connectivity index (χ3n) is 3.52. The number of carbonyl (C=O) groups is 1. The lowest BCUT2D eigenvalue weighted by Crippen LogP contribution is -2.35. The van der Waals surface area contributed by atoms with Crippen molar-refractivity contribution in [2.75, 3.05) is 13.1 Å². The van der Waals surface area contributed by atoms with Crippen LogP contribution in [0, 0.1) is 11.8 Å². The van der Waals surface area contributed by atoms with Gasteiger partial charge in [-0.1, -0.05) is 52.0 Å². The van der Waals surface area contributed by atoms with Crippen LogP contribution in [0.5, 0.6) is 0 Å². The molecule has 1 atom stereocenters. The molecule has 0 bridgehead atoms. The first-order valence-electron chi connectivity index (χ1n) is 8.00. The van der Waals surface area contributed by atoms with Crippen LogP contribution in [0.25, 0.3) is 0 Å².